The number of ether oxygens (including phenoxy) is 3. The largest absolute Gasteiger partial charge is 0.497 e. The lowest BCUT2D eigenvalue weighted by Gasteiger charge is -2.16. The molecule has 2 aromatic rings. The summed E-state index contributed by atoms with van der Waals surface area (Å²) in [5.74, 6) is 0.446. The van der Waals surface area contributed by atoms with Gasteiger partial charge in [0.05, 0.1) is 25.5 Å². The molecule has 0 atom stereocenters. The third kappa shape index (κ3) is 4.88. The maximum absolute atomic E-state index is 13.2. The summed E-state index contributed by atoms with van der Waals surface area (Å²) in [4.78, 5) is 27.7. The van der Waals surface area contributed by atoms with E-state index in [-0.39, 0.29) is 24.1 Å². The Hall–Kier alpha value is -3.32. The number of hydrogen-bond acceptors (Lipinski definition) is 6. The normalized spacial score (nSPS) is 13.7. The molecule has 31 heavy (non-hydrogen) atoms. The van der Waals surface area contributed by atoms with Crippen molar-refractivity contribution in [3.8, 4) is 11.5 Å². The Labute approximate surface area is 182 Å². The van der Waals surface area contributed by atoms with Gasteiger partial charge in [0.1, 0.15) is 17.2 Å². The van der Waals surface area contributed by atoms with Gasteiger partial charge in [0, 0.05) is 25.8 Å². The molecule has 1 N–H and O–H groups in total. The topological polar surface area (TPSA) is 77.1 Å². The van der Waals surface area contributed by atoms with Crippen molar-refractivity contribution in [2.24, 2.45) is 0 Å². The number of nitrogens with one attached hydrogen (secondary N) is 1. The van der Waals surface area contributed by atoms with Crippen LogP contribution in [0.15, 0.2) is 48.2 Å². The van der Waals surface area contributed by atoms with E-state index in [1.165, 1.54) is 12.0 Å². The Morgan fingerprint density at radius 2 is 1.71 bits per heavy atom. The zero-order valence-corrected chi connectivity index (χ0v) is 18.4. The summed E-state index contributed by atoms with van der Waals surface area (Å²) in [5, 5.41) is 3.14. The fourth-order valence-electron chi connectivity index (χ4n) is 3.39. The summed E-state index contributed by atoms with van der Waals surface area (Å²) in [7, 11) is 3.11. The second-order valence-corrected chi connectivity index (χ2v) is 7.12. The van der Waals surface area contributed by atoms with Crippen molar-refractivity contribution in [1.29, 1.82) is 0 Å². The Morgan fingerprint density at radius 1 is 0.968 bits per heavy atom. The van der Waals surface area contributed by atoms with E-state index in [1.54, 1.807) is 25.3 Å². The summed E-state index contributed by atoms with van der Waals surface area (Å²) in [5.41, 5.74) is 2.90. The third-order valence-corrected chi connectivity index (χ3v) is 5.05. The van der Waals surface area contributed by atoms with Gasteiger partial charge in [0.2, 0.25) is 0 Å². The Balaban J connectivity index is 1.98. The van der Waals surface area contributed by atoms with Gasteiger partial charge in [-0.1, -0.05) is 29.8 Å². The number of nitrogens with zero attached hydrogens (tertiary/aromatic N) is 1. The summed E-state index contributed by atoms with van der Waals surface area (Å²) < 4.78 is 16.0. The number of benzene rings is 2. The average molecular weight is 424 g/mol. The van der Waals surface area contributed by atoms with Crippen LogP contribution in [0.1, 0.15) is 24.5 Å². The van der Waals surface area contributed by atoms with Gasteiger partial charge in [-0.2, -0.15) is 0 Å². The molecule has 1 aliphatic rings. The molecule has 0 aliphatic carbocycles. The van der Waals surface area contributed by atoms with Crippen LogP contribution in [0, 0.1) is 6.92 Å². The zero-order valence-electron chi connectivity index (χ0n) is 18.4. The average Bonchev–Trinajstić information content (AvgIpc) is 3.01. The van der Waals surface area contributed by atoms with E-state index in [0.717, 1.165) is 5.56 Å². The van der Waals surface area contributed by atoms with Crippen molar-refractivity contribution in [1.82, 2.24) is 4.90 Å². The third-order valence-electron chi connectivity index (χ3n) is 5.05. The molecule has 1 aliphatic heterocycles. The van der Waals surface area contributed by atoms with E-state index in [4.69, 9.17) is 14.2 Å². The van der Waals surface area contributed by atoms with Gasteiger partial charge in [-0.25, -0.2) is 0 Å². The molecular formula is C24H28N2O5. The molecule has 1 heterocycles. The van der Waals surface area contributed by atoms with Crippen LogP contribution in [0.25, 0.3) is 5.57 Å². The van der Waals surface area contributed by atoms with Crippen LogP contribution in [-0.4, -0.2) is 50.7 Å². The number of carbonyl (C=O) groups excluding carboxylic acids is 2. The Bertz CT molecular complexity index is 982. The van der Waals surface area contributed by atoms with Gasteiger partial charge in [-0.05, 0) is 38.0 Å². The number of aryl methyl sites for hydroxylation is 1. The van der Waals surface area contributed by atoms with Crippen LogP contribution in [0.4, 0.5) is 5.69 Å². The zero-order chi connectivity index (χ0) is 22.4. The second kappa shape index (κ2) is 10.1. The van der Waals surface area contributed by atoms with E-state index in [0.29, 0.717) is 48.0 Å². The quantitative estimate of drug-likeness (QED) is 0.464. The van der Waals surface area contributed by atoms with Gasteiger partial charge >= 0.3 is 0 Å². The maximum Gasteiger partial charge on any atom is 0.278 e. The summed E-state index contributed by atoms with van der Waals surface area (Å²) in [6, 6.07) is 12.8. The van der Waals surface area contributed by atoms with Crippen molar-refractivity contribution >= 4 is 23.1 Å². The molecule has 0 fully saturated rings. The molecule has 0 saturated carbocycles. The first-order chi connectivity index (χ1) is 15.0. The lowest BCUT2D eigenvalue weighted by molar-refractivity contribution is -0.137. The fraction of sp³-hybridized carbons (Fsp3) is 0.333. The number of amides is 2. The molecule has 0 unspecified atom stereocenters. The van der Waals surface area contributed by atoms with Crippen LogP contribution in [0.2, 0.25) is 0 Å². The molecule has 3 rings (SSSR count). The predicted octanol–water partition coefficient (Wildman–Crippen LogP) is 3.63. The van der Waals surface area contributed by atoms with Crippen molar-refractivity contribution in [2.75, 3.05) is 39.3 Å². The van der Waals surface area contributed by atoms with Gasteiger partial charge in [0.25, 0.3) is 11.8 Å². The minimum atomic E-state index is -0.366. The smallest absolute Gasteiger partial charge is 0.278 e. The molecule has 7 nitrogen and oxygen atoms in total. The molecule has 0 saturated heterocycles. The minimum absolute atomic E-state index is 0.230. The minimum Gasteiger partial charge on any atom is -0.497 e. The molecule has 2 amide bonds. The highest BCUT2D eigenvalue weighted by Crippen LogP contribution is 2.35. The number of methoxy groups -OCH3 is 2. The van der Waals surface area contributed by atoms with Crippen LogP contribution in [0.5, 0.6) is 11.5 Å². The SMILES string of the molecule is CCOCCCN1C(=O)C(Nc2ccc(OC)cc2OC)=C(c2ccc(C)cc2)C1=O. The van der Waals surface area contributed by atoms with E-state index in [1.807, 2.05) is 38.1 Å². The van der Waals surface area contributed by atoms with Crippen molar-refractivity contribution in [3.05, 3.63) is 59.3 Å². The number of imide groups is 1. The standard InChI is InChI=1S/C24H28N2O5/c1-5-31-14-6-13-26-23(27)21(17-9-7-16(2)8-10-17)22(24(26)28)25-19-12-11-18(29-3)15-20(19)30-4/h7-12,15,25H,5-6,13-14H2,1-4H3. The molecule has 0 spiro atoms. The predicted molar refractivity (Wildman–Crippen MR) is 119 cm³/mol. The monoisotopic (exact) mass is 424 g/mol. The first-order valence-corrected chi connectivity index (χ1v) is 10.2. The van der Waals surface area contributed by atoms with E-state index in [2.05, 4.69) is 5.32 Å². The van der Waals surface area contributed by atoms with E-state index < -0.39 is 0 Å². The second-order valence-electron chi connectivity index (χ2n) is 7.12. The molecule has 2 aromatic carbocycles. The van der Waals surface area contributed by atoms with Gasteiger partial charge in [-0.15, -0.1) is 0 Å². The number of rotatable bonds is 10. The van der Waals surface area contributed by atoms with Gasteiger partial charge in [0.15, 0.2) is 0 Å². The number of hydrogen-bond donors (Lipinski definition) is 1. The van der Waals surface area contributed by atoms with E-state index in [9.17, 15) is 9.59 Å². The molecule has 164 valence electrons. The highest BCUT2D eigenvalue weighted by molar-refractivity contribution is 6.36. The molecule has 7 heteroatoms. The van der Waals surface area contributed by atoms with Gasteiger partial charge in [-0.3, -0.25) is 14.5 Å². The lowest BCUT2D eigenvalue weighted by atomic mass is 10.0. The summed E-state index contributed by atoms with van der Waals surface area (Å²) in [6.07, 6.45) is 0.575. The van der Waals surface area contributed by atoms with Crippen LogP contribution >= 0.6 is 0 Å². The number of anilines is 1. The Kier molecular flexibility index (Phi) is 7.31. The number of carbonyl (C=O) groups is 2. The fourth-order valence-corrected chi connectivity index (χ4v) is 3.39. The highest BCUT2D eigenvalue weighted by Gasteiger charge is 2.39. The van der Waals surface area contributed by atoms with E-state index >= 15 is 0 Å². The van der Waals surface area contributed by atoms with Crippen molar-refractivity contribution < 1.29 is 23.8 Å². The van der Waals surface area contributed by atoms with Crippen LogP contribution in [0.3, 0.4) is 0 Å². The van der Waals surface area contributed by atoms with Crippen molar-refractivity contribution in [2.45, 2.75) is 20.3 Å². The summed E-state index contributed by atoms with van der Waals surface area (Å²) >= 11 is 0. The first kappa shape index (κ1) is 22.4. The highest BCUT2D eigenvalue weighted by atomic mass is 16.5. The maximum atomic E-state index is 13.2. The van der Waals surface area contributed by atoms with Crippen molar-refractivity contribution in [3.63, 3.8) is 0 Å². The molecular weight excluding hydrogens is 396 g/mol. The van der Waals surface area contributed by atoms with Gasteiger partial charge < -0.3 is 19.5 Å². The first-order valence-electron chi connectivity index (χ1n) is 10.2. The molecule has 0 aromatic heterocycles. The summed E-state index contributed by atoms with van der Waals surface area (Å²) in [6.45, 7) is 5.26. The Morgan fingerprint density at radius 3 is 2.35 bits per heavy atom. The van der Waals surface area contributed by atoms with Crippen LogP contribution < -0.4 is 14.8 Å². The molecule has 0 radical (unpaired) electrons. The van der Waals surface area contributed by atoms with Crippen LogP contribution in [-0.2, 0) is 14.3 Å². The molecule has 0 bridgehead atoms. The lowest BCUT2D eigenvalue weighted by Crippen LogP contribution is -2.34.